The van der Waals surface area contributed by atoms with E-state index >= 15 is 0 Å². The van der Waals surface area contributed by atoms with Gasteiger partial charge in [0.2, 0.25) is 0 Å². The fraction of sp³-hybridized carbons (Fsp3) is 0.200. The average molecular weight is 262 g/mol. The average Bonchev–Trinajstić information content (AvgIpc) is 2.40. The van der Waals surface area contributed by atoms with E-state index in [1.165, 1.54) is 6.07 Å². The number of aliphatic hydroxyl groups excluding tert-OH is 1. The van der Waals surface area contributed by atoms with Gasteiger partial charge in [-0.3, -0.25) is 0 Å². The summed E-state index contributed by atoms with van der Waals surface area (Å²) in [5.41, 5.74) is 0. The molecule has 100 valence electrons. The zero-order valence-electron chi connectivity index (χ0n) is 10.5. The molecule has 0 radical (unpaired) electrons. The van der Waals surface area contributed by atoms with Crippen molar-refractivity contribution in [3.63, 3.8) is 0 Å². The van der Waals surface area contributed by atoms with E-state index in [0.29, 0.717) is 11.5 Å². The van der Waals surface area contributed by atoms with Crippen molar-refractivity contribution in [1.29, 1.82) is 0 Å². The molecule has 0 aliphatic carbocycles. The van der Waals surface area contributed by atoms with Gasteiger partial charge in [-0.05, 0) is 43.3 Å². The van der Waals surface area contributed by atoms with Gasteiger partial charge in [-0.15, -0.1) is 0 Å². The van der Waals surface area contributed by atoms with Crippen LogP contribution < -0.4 is 9.47 Å². The molecule has 0 spiro atoms. The van der Waals surface area contributed by atoms with Gasteiger partial charge in [0.15, 0.2) is 11.6 Å². The van der Waals surface area contributed by atoms with Crippen LogP contribution in [0.5, 0.6) is 17.2 Å². The van der Waals surface area contributed by atoms with Crippen molar-refractivity contribution in [3.05, 3.63) is 54.3 Å². The van der Waals surface area contributed by atoms with Crippen molar-refractivity contribution in [2.45, 2.75) is 13.0 Å². The smallest absolute Gasteiger partial charge is 0.165 e. The largest absolute Gasteiger partial charge is 0.491 e. The molecular formula is C15H15FO3. The Morgan fingerprint density at radius 3 is 2.32 bits per heavy atom. The Morgan fingerprint density at radius 2 is 1.68 bits per heavy atom. The molecule has 0 aromatic heterocycles. The molecule has 2 rings (SSSR count). The highest BCUT2D eigenvalue weighted by Gasteiger charge is 2.04. The van der Waals surface area contributed by atoms with E-state index in [0.717, 1.165) is 0 Å². The van der Waals surface area contributed by atoms with Gasteiger partial charge >= 0.3 is 0 Å². The zero-order valence-corrected chi connectivity index (χ0v) is 10.5. The molecule has 0 aliphatic rings. The van der Waals surface area contributed by atoms with Crippen LogP contribution in [-0.4, -0.2) is 17.8 Å². The molecule has 2 aromatic carbocycles. The van der Waals surface area contributed by atoms with E-state index in [2.05, 4.69) is 0 Å². The Balaban J connectivity index is 2.01. The molecule has 0 saturated heterocycles. The van der Waals surface area contributed by atoms with Gasteiger partial charge in [0.05, 0.1) is 6.10 Å². The van der Waals surface area contributed by atoms with Crippen molar-refractivity contribution < 1.29 is 19.0 Å². The fourth-order valence-electron chi connectivity index (χ4n) is 1.48. The maximum absolute atomic E-state index is 13.4. The molecule has 0 amide bonds. The van der Waals surface area contributed by atoms with E-state index < -0.39 is 11.9 Å². The van der Waals surface area contributed by atoms with Crippen LogP contribution in [0.3, 0.4) is 0 Å². The van der Waals surface area contributed by atoms with Crippen molar-refractivity contribution in [2.75, 3.05) is 6.61 Å². The molecular weight excluding hydrogens is 247 g/mol. The summed E-state index contributed by atoms with van der Waals surface area (Å²) in [6, 6.07) is 13.0. The minimum absolute atomic E-state index is 0.181. The molecule has 0 heterocycles. The zero-order chi connectivity index (χ0) is 13.7. The van der Waals surface area contributed by atoms with Crippen LogP contribution in [0, 0.1) is 5.82 Å². The molecule has 0 fully saturated rings. The van der Waals surface area contributed by atoms with Crippen LogP contribution in [0.25, 0.3) is 0 Å². The topological polar surface area (TPSA) is 38.7 Å². The van der Waals surface area contributed by atoms with Gasteiger partial charge in [0, 0.05) is 0 Å². The van der Waals surface area contributed by atoms with E-state index in [9.17, 15) is 4.39 Å². The lowest BCUT2D eigenvalue weighted by Crippen LogP contribution is -2.12. The summed E-state index contributed by atoms with van der Waals surface area (Å²) in [5.74, 6) is 0.924. The number of ether oxygens (including phenoxy) is 2. The predicted octanol–water partition coefficient (Wildman–Crippen LogP) is 3.38. The van der Waals surface area contributed by atoms with Crippen LogP contribution in [0.15, 0.2) is 48.5 Å². The molecule has 1 unspecified atom stereocenters. The second kappa shape index (κ2) is 6.20. The Kier molecular flexibility index (Phi) is 4.36. The van der Waals surface area contributed by atoms with Gasteiger partial charge in [-0.2, -0.15) is 0 Å². The molecule has 19 heavy (non-hydrogen) atoms. The number of hydrogen-bond acceptors (Lipinski definition) is 3. The second-order valence-corrected chi connectivity index (χ2v) is 4.16. The molecule has 1 N–H and O–H groups in total. The lowest BCUT2D eigenvalue weighted by Gasteiger charge is -2.09. The first-order chi connectivity index (χ1) is 9.15. The van der Waals surface area contributed by atoms with E-state index in [-0.39, 0.29) is 12.4 Å². The maximum Gasteiger partial charge on any atom is 0.165 e. The Hall–Kier alpha value is -2.07. The number of para-hydroxylation sites is 1. The Morgan fingerprint density at radius 1 is 1.05 bits per heavy atom. The van der Waals surface area contributed by atoms with E-state index in [1.54, 1.807) is 49.4 Å². The van der Waals surface area contributed by atoms with Crippen molar-refractivity contribution in [3.8, 4) is 17.2 Å². The number of aliphatic hydroxyl groups is 1. The van der Waals surface area contributed by atoms with Crippen LogP contribution >= 0.6 is 0 Å². The van der Waals surface area contributed by atoms with Gasteiger partial charge in [-0.1, -0.05) is 12.1 Å². The highest BCUT2D eigenvalue weighted by atomic mass is 19.1. The summed E-state index contributed by atoms with van der Waals surface area (Å²) < 4.78 is 24.1. The first-order valence-electron chi connectivity index (χ1n) is 5.98. The number of rotatable bonds is 5. The lowest BCUT2D eigenvalue weighted by molar-refractivity contribution is 0.122. The van der Waals surface area contributed by atoms with Gasteiger partial charge in [0.25, 0.3) is 0 Å². The van der Waals surface area contributed by atoms with E-state index in [1.807, 2.05) is 0 Å². The Labute approximate surface area is 111 Å². The van der Waals surface area contributed by atoms with E-state index in [4.69, 9.17) is 14.6 Å². The third kappa shape index (κ3) is 3.96. The van der Waals surface area contributed by atoms with Gasteiger partial charge in [0.1, 0.15) is 18.1 Å². The predicted molar refractivity (Wildman–Crippen MR) is 70.1 cm³/mol. The first kappa shape index (κ1) is 13.4. The molecule has 0 saturated carbocycles. The third-order valence-electron chi connectivity index (χ3n) is 2.38. The minimum Gasteiger partial charge on any atom is -0.491 e. The summed E-state index contributed by atoms with van der Waals surface area (Å²) in [5, 5.41) is 9.10. The van der Waals surface area contributed by atoms with Crippen LogP contribution in [0.2, 0.25) is 0 Å². The maximum atomic E-state index is 13.4. The Bertz CT molecular complexity index is 523. The number of benzene rings is 2. The van der Waals surface area contributed by atoms with Crippen LogP contribution in [0.4, 0.5) is 4.39 Å². The second-order valence-electron chi connectivity index (χ2n) is 4.16. The first-order valence-corrected chi connectivity index (χ1v) is 5.98. The summed E-state index contributed by atoms with van der Waals surface area (Å²) in [6.45, 7) is 1.88. The summed E-state index contributed by atoms with van der Waals surface area (Å²) in [7, 11) is 0. The highest BCUT2D eigenvalue weighted by Crippen LogP contribution is 2.25. The molecule has 2 aromatic rings. The van der Waals surface area contributed by atoms with Crippen LogP contribution in [0.1, 0.15) is 6.92 Å². The normalized spacial score (nSPS) is 11.9. The van der Waals surface area contributed by atoms with Crippen molar-refractivity contribution in [1.82, 2.24) is 0 Å². The fourth-order valence-corrected chi connectivity index (χ4v) is 1.48. The van der Waals surface area contributed by atoms with Crippen molar-refractivity contribution >= 4 is 0 Å². The monoisotopic (exact) mass is 262 g/mol. The molecule has 3 nitrogen and oxygen atoms in total. The number of halogens is 1. The SMILES string of the molecule is CC(O)COc1ccc(Oc2ccccc2F)cc1. The standard InChI is InChI=1S/C15H15FO3/c1-11(17)10-18-12-6-8-13(9-7-12)19-15-5-3-2-4-14(15)16/h2-9,11,17H,10H2,1H3. The summed E-state index contributed by atoms with van der Waals surface area (Å²) >= 11 is 0. The summed E-state index contributed by atoms with van der Waals surface area (Å²) in [6.07, 6.45) is -0.519. The quantitative estimate of drug-likeness (QED) is 0.897. The molecule has 0 bridgehead atoms. The van der Waals surface area contributed by atoms with Crippen LogP contribution in [-0.2, 0) is 0 Å². The lowest BCUT2D eigenvalue weighted by atomic mass is 10.3. The van der Waals surface area contributed by atoms with Gasteiger partial charge < -0.3 is 14.6 Å². The summed E-state index contributed by atoms with van der Waals surface area (Å²) in [4.78, 5) is 0. The highest BCUT2D eigenvalue weighted by molar-refractivity contribution is 5.35. The number of hydrogen-bond donors (Lipinski definition) is 1. The minimum atomic E-state index is -0.519. The molecule has 0 aliphatic heterocycles. The molecule has 1 atom stereocenters. The van der Waals surface area contributed by atoms with Crippen molar-refractivity contribution in [2.24, 2.45) is 0 Å². The molecule has 4 heteroatoms. The van der Waals surface area contributed by atoms with Gasteiger partial charge in [-0.25, -0.2) is 4.39 Å². The third-order valence-corrected chi connectivity index (χ3v) is 2.38.